The highest BCUT2D eigenvalue weighted by molar-refractivity contribution is 6.30. The van der Waals surface area contributed by atoms with Gasteiger partial charge in [-0.05, 0) is 31.5 Å². The van der Waals surface area contributed by atoms with Gasteiger partial charge < -0.3 is 15.8 Å². The molecule has 0 aromatic heterocycles. The molecule has 1 rings (SSSR count). The van der Waals surface area contributed by atoms with Crippen LogP contribution in [0.1, 0.15) is 19.8 Å². The van der Waals surface area contributed by atoms with Crippen molar-refractivity contribution < 1.29 is 9.53 Å². The summed E-state index contributed by atoms with van der Waals surface area (Å²) < 4.78 is 5.44. The lowest BCUT2D eigenvalue weighted by Crippen LogP contribution is -2.29. The summed E-state index contributed by atoms with van der Waals surface area (Å²) in [7, 11) is 0. The molecule has 1 atom stereocenters. The molecule has 1 aromatic rings. The zero-order valence-electron chi connectivity index (χ0n) is 10.5. The van der Waals surface area contributed by atoms with Gasteiger partial charge in [0.2, 0.25) is 5.91 Å². The number of amides is 1. The summed E-state index contributed by atoms with van der Waals surface area (Å²) in [6.07, 6.45) is 1.15. The molecular weight excluding hydrogens is 252 g/mol. The van der Waals surface area contributed by atoms with Crippen LogP contribution in [0, 0.1) is 0 Å². The van der Waals surface area contributed by atoms with Crippen LogP contribution in [-0.4, -0.2) is 25.1 Å². The topological polar surface area (TPSA) is 64.4 Å². The van der Waals surface area contributed by atoms with E-state index in [1.165, 1.54) is 0 Å². The highest BCUT2D eigenvalue weighted by Gasteiger charge is 2.02. The van der Waals surface area contributed by atoms with E-state index in [2.05, 4.69) is 5.32 Å². The summed E-state index contributed by atoms with van der Waals surface area (Å²) in [4.78, 5) is 11.4. The summed E-state index contributed by atoms with van der Waals surface area (Å²) in [6.45, 7) is 2.78. The molecule has 5 heteroatoms. The molecule has 4 nitrogen and oxygen atoms in total. The van der Waals surface area contributed by atoms with Gasteiger partial charge in [0.1, 0.15) is 12.4 Å². The van der Waals surface area contributed by atoms with Gasteiger partial charge in [-0.3, -0.25) is 4.79 Å². The number of halogens is 1. The summed E-state index contributed by atoms with van der Waals surface area (Å²) in [5.74, 6) is 0.703. The Labute approximate surface area is 112 Å². The Morgan fingerprint density at radius 3 is 3.00 bits per heavy atom. The second-order valence-corrected chi connectivity index (χ2v) is 4.61. The molecule has 0 fully saturated rings. The van der Waals surface area contributed by atoms with Crippen LogP contribution in [0.4, 0.5) is 0 Å². The fourth-order valence-corrected chi connectivity index (χ4v) is 1.54. The molecule has 0 saturated carbocycles. The normalized spacial score (nSPS) is 11.9. The second kappa shape index (κ2) is 7.95. The van der Waals surface area contributed by atoms with Crippen molar-refractivity contribution in [1.29, 1.82) is 0 Å². The first-order valence-electron chi connectivity index (χ1n) is 5.98. The van der Waals surface area contributed by atoms with Crippen molar-refractivity contribution in [1.82, 2.24) is 5.32 Å². The van der Waals surface area contributed by atoms with E-state index in [4.69, 9.17) is 22.1 Å². The van der Waals surface area contributed by atoms with Gasteiger partial charge in [-0.1, -0.05) is 17.7 Å². The minimum absolute atomic E-state index is 0.00185. The Balaban J connectivity index is 2.13. The van der Waals surface area contributed by atoms with Gasteiger partial charge >= 0.3 is 0 Å². The molecule has 100 valence electrons. The molecule has 0 heterocycles. The summed E-state index contributed by atoms with van der Waals surface area (Å²) in [6, 6.07) is 7.21. The fourth-order valence-electron chi connectivity index (χ4n) is 1.36. The number of carbonyl (C=O) groups excluding carboxylic acids is 1. The number of carbonyl (C=O) groups is 1. The summed E-state index contributed by atoms with van der Waals surface area (Å²) >= 11 is 5.82. The smallest absolute Gasteiger partial charge is 0.220 e. The highest BCUT2D eigenvalue weighted by Crippen LogP contribution is 2.16. The van der Waals surface area contributed by atoms with Crippen LogP contribution >= 0.6 is 11.6 Å². The first-order valence-corrected chi connectivity index (χ1v) is 6.36. The lowest BCUT2D eigenvalue weighted by Gasteiger charge is -2.08. The second-order valence-electron chi connectivity index (χ2n) is 4.17. The minimum atomic E-state index is 0.00185. The van der Waals surface area contributed by atoms with Gasteiger partial charge in [0.25, 0.3) is 0 Å². The van der Waals surface area contributed by atoms with Crippen LogP contribution < -0.4 is 15.8 Å². The first-order chi connectivity index (χ1) is 8.58. The Hall–Kier alpha value is -1.26. The van der Waals surface area contributed by atoms with Gasteiger partial charge in [-0.2, -0.15) is 0 Å². The third kappa shape index (κ3) is 6.47. The number of rotatable bonds is 7. The predicted octanol–water partition coefficient (Wildman–Crippen LogP) is 1.96. The average Bonchev–Trinajstić information content (AvgIpc) is 2.32. The molecule has 1 unspecified atom stereocenters. The fraction of sp³-hybridized carbons (Fsp3) is 0.462. The third-order valence-corrected chi connectivity index (χ3v) is 2.55. The number of ether oxygens (including phenoxy) is 1. The molecule has 0 aliphatic heterocycles. The van der Waals surface area contributed by atoms with E-state index < -0.39 is 0 Å². The zero-order valence-corrected chi connectivity index (χ0v) is 11.2. The largest absolute Gasteiger partial charge is 0.492 e. The molecule has 0 spiro atoms. The number of nitrogens with two attached hydrogens (primary N) is 1. The van der Waals surface area contributed by atoms with Crippen LogP contribution in [0.3, 0.4) is 0 Å². The lowest BCUT2D eigenvalue weighted by atomic mass is 10.2. The third-order valence-electron chi connectivity index (χ3n) is 2.32. The van der Waals surface area contributed by atoms with Crippen LogP contribution in [0.25, 0.3) is 0 Å². The molecular formula is C13H19ClN2O2. The molecule has 0 saturated heterocycles. The van der Waals surface area contributed by atoms with Crippen molar-refractivity contribution in [3.05, 3.63) is 29.3 Å². The molecule has 1 amide bonds. The van der Waals surface area contributed by atoms with Crippen molar-refractivity contribution in [2.45, 2.75) is 25.8 Å². The Bertz CT molecular complexity index is 383. The molecule has 0 radical (unpaired) electrons. The monoisotopic (exact) mass is 270 g/mol. The maximum Gasteiger partial charge on any atom is 0.220 e. The number of hydrogen-bond donors (Lipinski definition) is 2. The Kier molecular flexibility index (Phi) is 6.54. The Morgan fingerprint density at radius 1 is 1.56 bits per heavy atom. The maximum absolute atomic E-state index is 11.4. The van der Waals surface area contributed by atoms with Crippen LogP contribution in [0.15, 0.2) is 24.3 Å². The van der Waals surface area contributed by atoms with Gasteiger partial charge in [0, 0.05) is 17.5 Å². The number of nitrogens with one attached hydrogen (secondary N) is 1. The van der Waals surface area contributed by atoms with Gasteiger partial charge in [0.15, 0.2) is 0 Å². The van der Waals surface area contributed by atoms with Crippen LogP contribution in [0.2, 0.25) is 5.02 Å². The van der Waals surface area contributed by atoms with Crippen molar-refractivity contribution in [2.24, 2.45) is 5.73 Å². The van der Waals surface area contributed by atoms with Crippen molar-refractivity contribution >= 4 is 17.5 Å². The maximum atomic E-state index is 11.4. The number of hydrogen-bond acceptors (Lipinski definition) is 3. The van der Waals surface area contributed by atoms with E-state index >= 15 is 0 Å². The number of benzene rings is 1. The van der Waals surface area contributed by atoms with E-state index in [0.29, 0.717) is 36.8 Å². The first kappa shape index (κ1) is 14.8. The predicted molar refractivity (Wildman–Crippen MR) is 72.8 cm³/mol. The van der Waals surface area contributed by atoms with Gasteiger partial charge in [0.05, 0.1) is 6.54 Å². The van der Waals surface area contributed by atoms with E-state index in [9.17, 15) is 4.79 Å². The molecule has 3 N–H and O–H groups in total. The quantitative estimate of drug-likeness (QED) is 0.745. The highest BCUT2D eigenvalue weighted by atomic mass is 35.5. The Morgan fingerprint density at radius 2 is 2.33 bits per heavy atom. The SMILES string of the molecule is CC(N)CCC(=O)NCCOc1cccc(Cl)c1. The van der Waals surface area contributed by atoms with E-state index in [0.717, 1.165) is 0 Å². The summed E-state index contributed by atoms with van der Waals surface area (Å²) in [5.41, 5.74) is 5.57. The molecule has 1 aromatic carbocycles. The van der Waals surface area contributed by atoms with E-state index in [1.54, 1.807) is 12.1 Å². The van der Waals surface area contributed by atoms with E-state index in [1.807, 2.05) is 19.1 Å². The standard InChI is InChI=1S/C13H19ClN2O2/c1-10(15)5-6-13(17)16-7-8-18-12-4-2-3-11(14)9-12/h2-4,9-10H,5-8,15H2,1H3,(H,16,17). The van der Waals surface area contributed by atoms with Gasteiger partial charge in [-0.25, -0.2) is 0 Å². The molecule has 0 aliphatic carbocycles. The minimum Gasteiger partial charge on any atom is -0.492 e. The van der Waals surface area contributed by atoms with Crippen LogP contribution in [-0.2, 0) is 4.79 Å². The van der Waals surface area contributed by atoms with Crippen molar-refractivity contribution in [2.75, 3.05) is 13.2 Å². The van der Waals surface area contributed by atoms with Crippen molar-refractivity contribution in [3.63, 3.8) is 0 Å². The summed E-state index contributed by atoms with van der Waals surface area (Å²) in [5, 5.41) is 3.40. The zero-order chi connectivity index (χ0) is 13.4. The molecule has 0 bridgehead atoms. The molecule has 0 aliphatic rings. The van der Waals surface area contributed by atoms with Crippen LogP contribution in [0.5, 0.6) is 5.75 Å². The lowest BCUT2D eigenvalue weighted by molar-refractivity contribution is -0.121. The van der Waals surface area contributed by atoms with Crippen molar-refractivity contribution in [3.8, 4) is 5.75 Å². The molecule has 18 heavy (non-hydrogen) atoms. The van der Waals surface area contributed by atoms with E-state index in [-0.39, 0.29) is 11.9 Å². The van der Waals surface area contributed by atoms with Gasteiger partial charge in [-0.15, -0.1) is 0 Å². The average molecular weight is 271 g/mol.